The number of aromatic amines is 1. The van der Waals surface area contributed by atoms with E-state index in [4.69, 9.17) is 0 Å². The number of benzene rings is 1. The first-order chi connectivity index (χ1) is 9.93. The molecule has 0 amide bonds. The first-order valence-electron chi connectivity index (χ1n) is 6.86. The van der Waals surface area contributed by atoms with E-state index in [0.717, 1.165) is 6.42 Å². The third kappa shape index (κ3) is 3.01. The second kappa shape index (κ2) is 5.90. The Morgan fingerprint density at radius 3 is 2.76 bits per heavy atom. The van der Waals surface area contributed by atoms with Crippen molar-refractivity contribution < 1.29 is 4.92 Å². The summed E-state index contributed by atoms with van der Waals surface area (Å²) in [5.74, 6) is 0.368. The highest BCUT2D eigenvalue weighted by molar-refractivity contribution is 5.86. The number of hydrogen-bond donors (Lipinski definition) is 2. The SMILES string of the molecule is CCC(C)C(C)Nc1cc2nc[nH]c(=O)c2cc1[N+](=O)[O-]. The molecule has 0 saturated carbocycles. The second-order valence-corrected chi connectivity index (χ2v) is 5.19. The predicted molar refractivity (Wildman–Crippen MR) is 81.6 cm³/mol. The van der Waals surface area contributed by atoms with Crippen molar-refractivity contribution in [3.63, 3.8) is 0 Å². The summed E-state index contributed by atoms with van der Waals surface area (Å²) in [6.45, 7) is 6.12. The number of fused-ring (bicyclic) bond motifs is 1. The quantitative estimate of drug-likeness (QED) is 0.651. The minimum atomic E-state index is -0.489. The molecule has 2 atom stereocenters. The van der Waals surface area contributed by atoms with Gasteiger partial charge in [0, 0.05) is 12.1 Å². The summed E-state index contributed by atoms with van der Waals surface area (Å²) >= 11 is 0. The fourth-order valence-electron chi connectivity index (χ4n) is 2.11. The molecule has 0 saturated heterocycles. The molecule has 7 nitrogen and oxygen atoms in total. The molecule has 2 N–H and O–H groups in total. The average molecular weight is 290 g/mol. The van der Waals surface area contributed by atoms with E-state index in [1.165, 1.54) is 12.4 Å². The van der Waals surface area contributed by atoms with Crippen LogP contribution >= 0.6 is 0 Å². The second-order valence-electron chi connectivity index (χ2n) is 5.19. The van der Waals surface area contributed by atoms with Gasteiger partial charge >= 0.3 is 0 Å². The van der Waals surface area contributed by atoms with Crippen LogP contribution in [0.25, 0.3) is 10.9 Å². The van der Waals surface area contributed by atoms with Crippen molar-refractivity contribution in [1.29, 1.82) is 0 Å². The molecule has 0 bridgehead atoms. The van der Waals surface area contributed by atoms with Gasteiger partial charge in [-0.05, 0) is 18.9 Å². The van der Waals surface area contributed by atoms with E-state index < -0.39 is 4.92 Å². The Morgan fingerprint density at radius 2 is 2.14 bits per heavy atom. The molecule has 2 rings (SSSR count). The predicted octanol–water partition coefficient (Wildman–Crippen LogP) is 2.68. The number of nitro groups is 1. The molecule has 0 aliphatic rings. The maximum absolute atomic E-state index is 11.7. The number of nitrogens with one attached hydrogen (secondary N) is 2. The highest BCUT2D eigenvalue weighted by Gasteiger charge is 2.20. The zero-order valence-electron chi connectivity index (χ0n) is 12.2. The van der Waals surface area contributed by atoms with Gasteiger partial charge in [-0.3, -0.25) is 14.9 Å². The maximum Gasteiger partial charge on any atom is 0.293 e. The molecule has 0 spiro atoms. The lowest BCUT2D eigenvalue weighted by Gasteiger charge is -2.21. The zero-order valence-corrected chi connectivity index (χ0v) is 12.2. The first-order valence-corrected chi connectivity index (χ1v) is 6.86. The van der Waals surface area contributed by atoms with Gasteiger partial charge in [0.25, 0.3) is 11.2 Å². The van der Waals surface area contributed by atoms with Crippen LogP contribution in [-0.2, 0) is 0 Å². The fraction of sp³-hybridized carbons (Fsp3) is 0.429. The smallest absolute Gasteiger partial charge is 0.293 e. The molecule has 0 aliphatic carbocycles. The summed E-state index contributed by atoms with van der Waals surface area (Å²) < 4.78 is 0. The lowest BCUT2D eigenvalue weighted by atomic mass is 10.0. The largest absolute Gasteiger partial charge is 0.377 e. The van der Waals surface area contributed by atoms with Crippen LogP contribution in [0, 0.1) is 16.0 Å². The Labute approximate surface area is 121 Å². The van der Waals surface area contributed by atoms with E-state index in [0.29, 0.717) is 17.1 Å². The summed E-state index contributed by atoms with van der Waals surface area (Å²) in [5, 5.41) is 14.6. The number of aromatic nitrogens is 2. The fourth-order valence-corrected chi connectivity index (χ4v) is 2.11. The van der Waals surface area contributed by atoms with E-state index >= 15 is 0 Å². The summed E-state index contributed by atoms with van der Waals surface area (Å²) in [6.07, 6.45) is 2.26. The molecule has 21 heavy (non-hydrogen) atoms. The molecule has 7 heteroatoms. The van der Waals surface area contributed by atoms with Gasteiger partial charge in [0.2, 0.25) is 0 Å². The highest BCUT2D eigenvalue weighted by Crippen LogP contribution is 2.29. The van der Waals surface area contributed by atoms with Crippen LogP contribution in [0.5, 0.6) is 0 Å². The average Bonchev–Trinajstić information content (AvgIpc) is 2.45. The summed E-state index contributed by atoms with van der Waals surface area (Å²) in [7, 11) is 0. The van der Waals surface area contributed by atoms with Crippen molar-refractivity contribution in [1.82, 2.24) is 9.97 Å². The Bertz CT molecular complexity index is 726. The topological polar surface area (TPSA) is 101 Å². The van der Waals surface area contributed by atoms with Crippen molar-refractivity contribution in [2.45, 2.75) is 33.2 Å². The number of anilines is 1. The molecule has 2 aromatic rings. The Hall–Kier alpha value is -2.44. The monoisotopic (exact) mass is 290 g/mol. The van der Waals surface area contributed by atoms with Crippen molar-refractivity contribution >= 4 is 22.3 Å². The molecule has 0 fully saturated rings. The van der Waals surface area contributed by atoms with Crippen molar-refractivity contribution in [2.75, 3.05) is 5.32 Å². The third-order valence-electron chi connectivity index (χ3n) is 3.84. The molecular formula is C14H18N4O3. The van der Waals surface area contributed by atoms with Crippen LogP contribution in [0.3, 0.4) is 0 Å². The first kappa shape index (κ1) is 15.0. The van der Waals surface area contributed by atoms with Crippen LogP contribution in [0.1, 0.15) is 27.2 Å². The number of hydrogen-bond acceptors (Lipinski definition) is 5. The van der Waals surface area contributed by atoms with E-state index in [1.807, 2.05) is 6.92 Å². The summed E-state index contributed by atoms with van der Waals surface area (Å²) in [6, 6.07) is 2.90. The molecular weight excluding hydrogens is 272 g/mol. The molecule has 1 aromatic heterocycles. The van der Waals surface area contributed by atoms with E-state index in [-0.39, 0.29) is 22.7 Å². The molecule has 0 radical (unpaired) electrons. The van der Waals surface area contributed by atoms with Gasteiger partial charge in [0.15, 0.2) is 0 Å². The maximum atomic E-state index is 11.7. The van der Waals surface area contributed by atoms with Crippen molar-refractivity contribution in [3.05, 3.63) is 38.9 Å². The lowest BCUT2D eigenvalue weighted by molar-refractivity contribution is -0.383. The molecule has 1 aromatic carbocycles. The molecule has 2 unspecified atom stereocenters. The third-order valence-corrected chi connectivity index (χ3v) is 3.84. The Morgan fingerprint density at radius 1 is 1.43 bits per heavy atom. The summed E-state index contributed by atoms with van der Waals surface area (Å²) in [4.78, 5) is 28.9. The van der Waals surface area contributed by atoms with Gasteiger partial charge in [-0.2, -0.15) is 0 Å². The zero-order chi connectivity index (χ0) is 15.6. The van der Waals surface area contributed by atoms with E-state index in [2.05, 4.69) is 29.1 Å². The van der Waals surface area contributed by atoms with Gasteiger partial charge in [0.1, 0.15) is 5.69 Å². The molecule has 112 valence electrons. The number of H-pyrrole nitrogens is 1. The number of nitrogens with zero attached hydrogens (tertiary/aromatic N) is 2. The lowest BCUT2D eigenvalue weighted by Crippen LogP contribution is -2.23. The van der Waals surface area contributed by atoms with Crippen molar-refractivity contribution in [3.8, 4) is 0 Å². The normalized spacial score (nSPS) is 13.9. The van der Waals surface area contributed by atoms with Gasteiger partial charge in [-0.15, -0.1) is 0 Å². The summed E-state index contributed by atoms with van der Waals surface area (Å²) in [5.41, 5.74) is 0.322. The number of rotatable bonds is 5. The van der Waals surface area contributed by atoms with Crippen LogP contribution in [-0.4, -0.2) is 20.9 Å². The Balaban J connectivity index is 2.53. The van der Waals surface area contributed by atoms with Crippen LogP contribution in [0.15, 0.2) is 23.3 Å². The van der Waals surface area contributed by atoms with Gasteiger partial charge in [0.05, 0.1) is 22.2 Å². The Kier molecular flexibility index (Phi) is 4.21. The van der Waals surface area contributed by atoms with Crippen LogP contribution in [0.2, 0.25) is 0 Å². The van der Waals surface area contributed by atoms with Crippen LogP contribution < -0.4 is 10.9 Å². The minimum absolute atomic E-state index is 0.0770. The van der Waals surface area contributed by atoms with E-state index in [1.54, 1.807) is 6.07 Å². The molecule has 0 aliphatic heterocycles. The van der Waals surface area contributed by atoms with Gasteiger partial charge in [-0.25, -0.2) is 4.98 Å². The van der Waals surface area contributed by atoms with E-state index in [9.17, 15) is 14.9 Å². The van der Waals surface area contributed by atoms with Crippen LogP contribution in [0.4, 0.5) is 11.4 Å². The van der Waals surface area contributed by atoms with Crippen molar-refractivity contribution in [2.24, 2.45) is 5.92 Å². The minimum Gasteiger partial charge on any atom is -0.377 e. The van der Waals surface area contributed by atoms with Gasteiger partial charge < -0.3 is 10.3 Å². The highest BCUT2D eigenvalue weighted by atomic mass is 16.6. The number of nitro benzene ring substituents is 1. The molecule has 1 heterocycles. The standard InChI is InChI=1S/C14H18N4O3/c1-4-8(2)9(3)17-12-6-11-10(5-13(12)18(20)21)14(19)16-7-15-11/h5-9,17H,4H2,1-3H3,(H,15,16,19). The van der Waals surface area contributed by atoms with Gasteiger partial charge in [-0.1, -0.05) is 20.3 Å².